The molecule has 1 aliphatic rings. The zero-order chi connectivity index (χ0) is 13.9. The highest BCUT2D eigenvalue weighted by Crippen LogP contribution is 2.26. The predicted molar refractivity (Wildman–Crippen MR) is 78.8 cm³/mol. The number of carboxylic acid groups (broad SMARTS) is 1. The van der Waals surface area contributed by atoms with Crippen molar-refractivity contribution in [3.8, 4) is 11.1 Å². The zero-order valence-electron chi connectivity index (χ0n) is 11.2. The van der Waals surface area contributed by atoms with E-state index in [1.165, 1.54) is 18.4 Å². The molecule has 1 atom stereocenters. The van der Waals surface area contributed by atoms with Crippen molar-refractivity contribution in [1.29, 1.82) is 0 Å². The van der Waals surface area contributed by atoms with Gasteiger partial charge in [0.1, 0.15) is 0 Å². The van der Waals surface area contributed by atoms with Gasteiger partial charge in [-0.2, -0.15) is 0 Å². The van der Waals surface area contributed by atoms with Crippen LogP contribution in [-0.4, -0.2) is 17.6 Å². The monoisotopic (exact) mass is 267 g/mol. The molecule has 3 rings (SSSR count). The highest BCUT2D eigenvalue weighted by atomic mass is 16.4. The molecule has 3 nitrogen and oxygen atoms in total. The third-order valence-electron chi connectivity index (χ3n) is 3.82. The average molecular weight is 267 g/mol. The molecule has 0 amide bonds. The van der Waals surface area contributed by atoms with Gasteiger partial charge in [0.2, 0.25) is 0 Å². The molecule has 0 aromatic heterocycles. The maximum absolute atomic E-state index is 11.0. The number of rotatable bonds is 3. The Morgan fingerprint density at radius 1 is 1.10 bits per heavy atom. The summed E-state index contributed by atoms with van der Waals surface area (Å²) in [7, 11) is 0. The first-order chi connectivity index (χ1) is 9.74. The summed E-state index contributed by atoms with van der Waals surface area (Å²) in [6.45, 7) is 1.09. The normalized spacial score (nSPS) is 18.1. The average Bonchev–Trinajstić information content (AvgIpc) is 3.02. The molecule has 0 bridgehead atoms. The Bertz CT molecular complexity index is 613. The highest BCUT2D eigenvalue weighted by molar-refractivity contribution is 5.89. The van der Waals surface area contributed by atoms with Crippen molar-refractivity contribution in [3.63, 3.8) is 0 Å². The number of aromatic carboxylic acids is 1. The summed E-state index contributed by atoms with van der Waals surface area (Å²) < 4.78 is 0. The Balaban J connectivity index is 1.87. The lowest BCUT2D eigenvalue weighted by Crippen LogP contribution is -2.12. The fraction of sp³-hybridized carbons (Fsp3) is 0.235. The van der Waals surface area contributed by atoms with Crippen LogP contribution in [0, 0.1) is 0 Å². The fourth-order valence-electron chi connectivity index (χ4n) is 2.71. The second-order valence-corrected chi connectivity index (χ2v) is 5.16. The quantitative estimate of drug-likeness (QED) is 0.895. The third-order valence-corrected chi connectivity index (χ3v) is 3.82. The van der Waals surface area contributed by atoms with Gasteiger partial charge >= 0.3 is 5.97 Å². The van der Waals surface area contributed by atoms with Crippen molar-refractivity contribution in [3.05, 3.63) is 59.7 Å². The van der Waals surface area contributed by atoms with Crippen LogP contribution in [0.4, 0.5) is 0 Å². The molecule has 1 fully saturated rings. The zero-order valence-corrected chi connectivity index (χ0v) is 11.2. The van der Waals surface area contributed by atoms with Crippen LogP contribution in [0.15, 0.2) is 48.5 Å². The Morgan fingerprint density at radius 3 is 2.55 bits per heavy atom. The van der Waals surface area contributed by atoms with E-state index in [2.05, 4.69) is 29.6 Å². The van der Waals surface area contributed by atoms with Gasteiger partial charge in [0.15, 0.2) is 0 Å². The third kappa shape index (κ3) is 2.58. The lowest BCUT2D eigenvalue weighted by atomic mass is 9.99. The van der Waals surface area contributed by atoms with Crippen molar-refractivity contribution in [2.45, 2.75) is 18.9 Å². The van der Waals surface area contributed by atoms with Crippen LogP contribution in [-0.2, 0) is 0 Å². The number of carbonyl (C=O) groups is 1. The van der Waals surface area contributed by atoms with Crippen LogP contribution in [0.25, 0.3) is 11.1 Å². The summed E-state index contributed by atoms with van der Waals surface area (Å²) in [5.41, 5.74) is 3.62. The van der Waals surface area contributed by atoms with Gasteiger partial charge in [-0.1, -0.05) is 36.4 Å². The smallest absolute Gasteiger partial charge is 0.335 e. The second-order valence-electron chi connectivity index (χ2n) is 5.16. The first kappa shape index (κ1) is 12.9. The van der Waals surface area contributed by atoms with Crippen LogP contribution in [0.2, 0.25) is 0 Å². The van der Waals surface area contributed by atoms with E-state index in [1.807, 2.05) is 6.07 Å². The van der Waals surface area contributed by atoms with E-state index >= 15 is 0 Å². The first-order valence-corrected chi connectivity index (χ1v) is 6.91. The summed E-state index contributed by atoms with van der Waals surface area (Å²) in [5, 5.41) is 12.5. The standard InChI is InChI=1S/C17H17NO2/c19-17(20)15-4-1-3-14(11-15)12-6-8-13(9-7-12)16-5-2-10-18-16/h1,3-4,6-9,11,16,18H,2,5,10H2,(H,19,20)/t16-/m1/s1. The van der Waals surface area contributed by atoms with Crippen LogP contribution < -0.4 is 5.32 Å². The van der Waals surface area contributed by atoms with Gasteiger partial charge < -0.3 is 10.4 Å². The van der Waals surface area contributed by atoms with Crippen LogP contribution in [0.1, 0.15) is 34.8 Å². The molecule has 1 heterocycles. The van der Waals surface area contributed by atoms with Gasteiger partial charge in [-0.3, -0.25) is 0 Å². The Hall–Kier alpha value is -2.13. The maximum atomic E-state index is 11.0. The number of hydrogen-bond donors (Lipinski definition) is 2. The predicted octanol–water partition coefficient (Wildman–Crippen LogP) is 3.48. The molecule has 2 aromatic carbocycles. The molecule has 2 aromatic rings. The summed E-state index contributed by atoms with van der Waals surface area (Å²) in [4.78, 5) is 11.0. The molecule has 0 radical (unpaired) electrons. The number of benzene rings is 2. The van der Waals surface area contributed by atoms with Gasteiger partial charge in [-0.05, 0) is 48.2 Å². The number of hydrogen-bond acceptors (Lipinski definition) is 2. The van der Waals surface area contributed by atoms with E-state index in [0.717, 1.165) is 17.7 Å². The van der Waals surface area contributed by atoms with Gasteiger partial charge in [-0.25, -0.2) is 4.79 Å². The molecule has 0 spiro atoms. The van der Waals surface area contributed by atoms with Crippen molar-refractivity contribution in [2.75, 3.05) is 6.54 Å². The molecule has 0 unspecified atom stereocenters. The van der Waals surface area contributed by atoms with Crippen molar-refractivity contribution in [1.82, 2.24) is 5.32 Å². The van der Waals surface area contributed by atoms with Crippen LogP contribution >= 0.6 is 0 Å². The lowest BCUT2D eigenvalue weighted by Gasteiger charge is -2.11. The molecule has 2 N–H and O–H groups in total. The summed E-state index contributed by atoms with van der Waals surface area (Å²) in [5.74, 6) is -0.890. The van der Waals surface area contributed by atoms with Crippen molar-refractivity contribution < 1.29 is 9.90 Å². The molecular weight excluding hydrogens is 250 g/mol. The minimum absolute atomic E-state index is 0.323. The summed E-state index contributed by atoms with van der Waals surface area (Å²) >= 11 is 0. The van der Waals surface area contributed by atoms with Crippen molar-refractivity contribution >= 4 is 5.97 Å². The Kier molecular flexibility index (Phi) is 3.52. The molecule has 0 aliphatic carbocycles. The van der Waals surface area contributed by atoms with E-state index in [9.17, 15) is 4.79 Å². The molecule has 1 saturated heterocycles. The van der Waals surface area contributed by atoms with Crippen molar-refractivity contribution in [2.24, 2.45) is 0 Å². The minimum Gasteiger partial charge on any atom is -0.478 e. The van der Waals surface area contributed by atoms with E-state index < -0.39 is 5.97 Å². The van der Waals surface area contributed by atoms with E-state index in [0.29, 0.717) is 11.6 Å². The van der Waals surface area contributed by atoms with Crippen LogP contribution in [0.5, 0.6) is 0 Å². The largest absolute Gasteiger partial charge is 0.478 e. The van der Waals surface area contributed by atoms with Crippen LogP contribution in [0.3, 0.4) is 0 Å². The molecule has 20 heavy (non-hydrogen) atoms. The first-order valence-electron chi connectivity index (χ1n) is 6.91. The topological polar surface area (TPSA) is 49.3 Å². The molecule has 102 valence electrons. The van der Waals surface area contributed by atoms with Gasteiger partial charge in [0, 0.05) is 6.04 Å². The molecule has 1 aliphatic heterocycles. The lowest BCUT2D eigenvalue weighted by molar-refractivity contribution is 0.0697. The number of carboxylic acids is 1. The summed E-state index contributed by atoms with van der Waals surface area (Å²) in [6, 6.07) is 15.9. The highest BCUT2D eigenvalue weighted by Gasteiger charge is 2.15. The minimum atomic E-state index is -0.890. The van der Waals surface area contributed by atoms with E-state index in [-0.39, 0.29) is 0 Å². The molecule has 0 saturated carbocycles. The molecular formula is C17H17NO2. The summed E-state index contributed by atoms with van der Waals surface area (Å²) in [6.07, 6.45) is 2.42. The Morgan fingerprint density at radius 2 is 1.90 bits per heavy atom. The van der Waals surface area contributed by atoms with E-state index in [4.69, 9.17) is 5.11 Å². The Labute approximate surface area is 118 Å². The SMILES string of the molecule is O=C(O)c1cccc(-c2ccc([C@H]3CCCN3)cc2)c1. The maximum Gasteiger partial charge on any atom is 0.335 e. The van der Waals surface area contributed by atoms with Gasteiger partial charge in [0.25, 0.3) is 0 Å². The van der Waals surface area contributed by atoms with E-state index in [1.54, 1.807) is 18.2 Å². The fourth-order valence-corrected chi connectivity index (χ4v) is 2.71. The number of nitrogens with one attached hydrogen (secondary N) is 1. The second kappa shape index (κ2) is 5.47. The molecule has 3 heteroatoms. The van der Waals surface area contributed by atoms with Gasteiger partial charge in [0.05, 0.1) is 5.56 Å². The van der Waals surface area contributed by atoms with Gasteiger partial charge in [-0.15, -0.1) is 0 Å².